The molecule has 1 aliphatic rings. The number of carbonyl (C=O) groups excluding carboxylic acids is 1. The van der Waals surface area contributed by atoms with Crippen molar-refractivity contribution in [3.8, 4) is 0 Å². The van der Waals surface area contributed by atoms with Gasteiger partial charge in [-0.25, -0.2) is 13.2 Å². The smallest absolute Gasteiger partial charge is 0.264 e. The van der Waals surface area contributed by atoms with Crippen molar-refractivity contribution in [2.75, 3.05) is 13.4 Å². The fourth-order valence-corrected chi connectivity index (χ4v) is 2.69. The second-order valence-corrected chi connectivity index (χ2v) is 4.50. The molecule has 1 aromatic rings. The van der Waals surface area contributed by atoms with Gasteiger partial charge in [0.1, 0.15) is 11.9 Å². The second kappa shape index (κ2) is 4.81. The molecule has 1 aromatic carbocycles. The maximum atomic E-state index is 13.7. The summed E-state index contributed by atoms with van der Waals surface area (Å²) in [5, 5.41) is 0. The molecule has 0 bridgehead atoms. The maximum absolute atomic E-state index is 13.7. The molecule has 0 unspecified atom stereocenters. The van der Waals surface area contributed by atoms with Gasteiger partial charge in [0.25, 0.3) is 5.91 Å². The minimum absolute atomic E-state index is 0.215. The first kappa shape index (κ1) is 13.2. The van der Waals surface area contributed by atoms with Crippen LogP contribution in [0.15, 0.2) is 12.1 Å². The summed E-state index contributed by atoms with van der Waals surface area (Å²) in [6, 6.07) is 0.526. The lowest BCUT2D eigenvalue weighted by molar-refractivity contribution is -0.158. The van der Waals surface area contributed by atoms with Crippen molar-refractivity contribution in [2.45, 2.75) is 12.1 Å². The highest BCUT2D eigenvalue weighted by Gasteiger charge is 2.50. The largest absolute Gasteiger partial charge is 0.369 e. The van der Waals surface area contributed by atoms with Gasteiger partial charge in [-0.05, 0) is 6.07 Å². The van der Waals surface area contributed by atoms with Gasteiger partial charge in [0, 0.05) is 25.0 Å². The number of hydrogen-bond acceptors (Lipinski definition) is 3. The molecule has 1 amide bonds. The highest BCUT2D eigenvalue weighted by atomic mass is 32.2. The SMILES string of the molecule is CO[C@H]1C(=O)N(SC)[C@H]1c1cc(F)cc(F)c1F. The number of methoxy groups -OCH3 is 1. The molecule has 0 saturated carbocycles. The number of carbonyl (C=O) groups is 1. The van der Waals surface area contributed by atoms with E-state index in [4.69, 9.17) is 4.74 Å². The van der Waals surface area contributed by atoms with E-state index in [9.17, 15) is 18.0 Å². The van der Waals surface area contributed by atoms with Crippen LogP contribution < -0.4 is 0 Å². The van der Waals surface area contributed by atoms with Gasteiger partial charge >= 0.3 is 0 Å². The Bertz CT molecular complexity index is 483. The molecule has 1 heterocycles. The van der Waals surface area contributed by atoms with Crippen molar-refractivity contribution in [2.24, 2.45) is 0 Å². The zero-order valence-corrected chi connectivity index (χ0v) is 10.4. The molecule has 1 fully saturated rings. The Morgan fingerprint density at radius 3 is 2.56 bits per heavy atom. The predicted molar refractivity (Wildman–Crippen MR) is 60.2 cm³/mol. The Morgan fingerprint density at radius 2 is 2.00 bits per heavy atom. The second-order valence-electron chi connectivity index (χ2n) is 3.74. The van der Waals surface area contributed by atoms with Crippen LogP contribution in [0.1, 0.15) is 11.6 Å². The van der Waals surface area contributed by atoms with Crippen LogP contribution in [0.3, 0.4) is 0 Å². The van der Waals surface area contributed by atoms with Crippen LogP contribution in [0, 0.1) is 17.5 Å². The summed E-state index contributed by atoms with van der Waals surface area (Å²) in [5.74, 6) is -3.67. The number of ether oxygens (including phenoxy) is 1. The topological polar surface area (TPSA) is 29.5 Å². The Balaban J connectivity index is 2.44. The Labute approximate surface area is 106 Å². The number of halogens is 3. The van der Waals surface area contributed by atoms with Crippen LogP contribution in [-0.4, -0.2) is 29.7 Å². The summed E-state index contributed by atoms with van der Waals surface area (Å²) in [5.41, 5.74) is -0.215. The van der Waals surface area contributed by atoms with Crippen molar-refractivity contribution in [1.82, 2.24) is 4.31 Å². The fourth-order valence-electron chi connectivity index (χ4n) is 1.95. The zero-order chi connectivity index (χ0) is 13.4. The summed E-state index contributed by atoms with van der Waals surface area (Å²) in [6.07, 6.45) is 0.706. The van der Waals surface area contributed by atoms with E-state index in [2.05, 4.69) is 0 Å². The van der Waals surface area contributed by atoms with E-state index in [1.807, 2.05) is 0 Å². The lowest BCUT2D eigenvalue weighted by Gasteiger charge is -2.44. The molecule has 0 radical (unpaired) electrons. The average Bonchev–Trinajstić information content (AvgIpc) is 2.32. The quantitative estimate of drug-likeness (QED) is 0.482. The highest BCUT2D eigenvalue weighted by Crippen LogP contribution is 2.42. The van der Waals surface area contributed by atoms with E-state index in [1.165, 1.54) is 11.4 Å². The minimum Gasteiger partial charge on any atom is -0.369 e. The lowest BCUT2D eigenvalue weighted by Crippen LogP contribution is -2.56. The summed E-state index contributed by atoms with van der Waals surface area (Å²) in [7, 11) is 1.29. The molecule has 1 aliphatic heterocycles. The van der Waals surface area contributed by atoms with Gasteiger partial charge < -0.3 is 4.74 Å². The molecule has 18 heavy (non-hydrogen) atoms. The van der Waals surface area contributed by atoms with Crippen molar-refractivity contribution in [1.29, 1.82) is 0 Å². The summed E-state index contributed by atoms with van der Waals surface area (Å²) in [6.45, 7) is 0. The highest BCUT2D eigenvalue weighted by molar-refractivity contribution is 7.96. The third-order valence-corrected chi connectivity index (χ3v) is 3.59. The monoisotopic (exact) mass is 277 g/mol. The Morgan fingerprint density at radius 1 is 1.33 bits per heavy atom. The Kier molecular flexibility index (Phi) is 3.54. The van der Waals surface area contributed by atoms with Crippen molar-refractivity contribution >= 4 is 17.9 Å². The first-order chi connectivity index (χ1) is 8.51. The van der Waals surface area contributed by atoms with Crippen LogP contribution in [0.25, 0.3) is 0 Å². The Hall–Kier alpha value is -1.21. The van der Waals surface area contributed by atoms with E-state index < -0.39 is 29.6 Å². The van der Waals surface area contributed by atoms with Gasteiger partial charge in [0.05, 0.1) is 0 Å². The van der Waals surface area contributed by atoms with Gasteiger partial charge in [-0.3, -0.25) is 9.10 Å². The summed E-state index contributed by atoms with van der Waals surface area (Å²) >= 11 is 1.05. The third-order valence-electron chi connectivity index (χ3n) is 2.79. The van der Waals surface area contributed by atoms with Crippen molar-refractivity contribution in [3.63, 3.8) is 0 Å². The zero-order valence-electron chi connectivity index (χ0n) is 9.62. The number of benzene rings is 1. The van der Waals surface area contributed by atoms with Crippen LogP contribution in [0.5, 0.6) is 0 Å². The standard InChI is InChI=1S/C11H10F3NO2S/c1-17-10-9(15(18-2)11(10)16)6-3-5(12)4-7(13)8(6)14/h3-4,9-10H,1-2H3/t9-,10+/m0/s1. The third kappa shape index (κ3) is 1.87. The molecule has 0 aliphatic carbocycles. The molecule has 0 spiro atoms. The number of hydrogen-bond donors (Lipinski definition) is 0. The van der Waals surface area contributed by atoms with Crippen LogP contribution in [0.4, 0.5) is 13.2 Å². The summed E-state index contributed by atoms with van der Waals surface area (Å²) in [4.78, 5) is 11.6. The van der Waals surface area contributed by atoms with Gasteiger partial charge in [-0.1, -0.05) is 11.9 Å². The molecule has 7 heteroatoms. The molecule has 98 valence electrons. The maximum Gasteiger partial charge on any atom is 0.264 e. The number of rotatable bonds is 3. The first-order valence-electron chi connectivity index (χ1n) is 5.05. The molecular formula is C11H10F3NO2S. The average molecular weight is 277 g/mol. The van der Waals surface area contributed by atoms with Crippen LogP contribution >= 0.6 is 11.9 Å². The van der Waals surface area contributed by atoms with Gasteiger partial charge in [-0.15, -0.1) is 0 Å². The molecule has 0 N–H and O–H groups in total. The fraction of sp³-hybridized carbons (Fsp3) is 0.364. The molecule has 3 nitrogen and oxygen atoms in total. The van der Waals surface area contributed by atoms with E-state index in [1.54, 1.807) is 6.26 Å². The minimum atomic E-state index is -1.28. The van der Waals surface area contributed by atoms with E-state index in [0.717, 1.165) is 18.0 Å². The first-order valence-corrected chi connectivity index (χ1v) is 6.23. The summed E-state index contributed by atoms with van der Waals surface area (Å²) < 4.78 is 46.1. The molecule has 0 aromatic heterocycles. The van der Waals surface area contributed by atoms with Crippen molar-refractivity contribution in [3.05, 3.63) is 35.1 Å². The van der Waals surface area contributed by atoms with Gasteiger partial charge in [0.2, 0.25) is 0 Å². The number of nitrogens with zero attached hydrogens (tertiary/aromatic N) is 1. The normalized spacial score (nSPS) is 23.2. The number of amides is 1. The molecule has 1 saturated heterocycles. The molecule has 2 rings (SSSR count). The van der Waals surface area contributed by atoms with Crippen LogP contribution in [-0.2, 0) is 9.53 Å². The predicted octanol–water partition coefficient (Wildman–Crippen LogP) is 2.28. The lowest BCUT2D eigenvalue weighted by atomic mass is 9.93. The van der Waals surface area contributed by atoms with Gasteiger partial charge in [0.15, 0.2) is 17.7 Å². The molecular weight excluding hydrogens is 267 g/mol. The van der Waals surface area contributed by atoms with Crippen LogP contribution in [0.2, 0.25) is 0 Å². The van der Waals surface area contributed by atoms with E-state index >= 15 is 0 Å². The van der Waals surface area contributed by atoms with E-state index in [-0.39, 0.29) is 11.5 Å². The van der Waals surface area contributed by atoms with E-state index in [0.29, 0.717) is 6.07 Å². The number of β-lactam (4-membered cyclic amide) rings is 1. The molecule has 2 atom stereocenters. The van der Waals surface area contributed by atoms with Gasteiger partial charge in [-0.2, -0.15) is 0 Å². The van der Waals surface area contributed by atoms with Crippen molar-refractivity contribution < 1.29 is 22.7 Å².